The van der Waals surface area contributed by atoms with Gasteiger partial charge in [-0.05, 0) is 32.7 Å². The van der Waals surface area contributed by atoms with E-state index in [-0.39, 0.29) is 6.10 Å². The maximum atomic E-state index is 9.35. The van der Waals surface area contributed by atoms with Crippen LogP contribution in [0.3, 0.4) is 0 Å². The molecule has 4 heteroatoms. The van der Waals surface area contributed by atoms with Crippen LogP contribution in [-0.2, 0) is 6.54 Å². The Morgan fingerprint density at radius 2 is 2.40 bits per heavy atom. The highest BCUT2D eigenvalue weighted by Crippen LogP contribution is 2.11. The predicted octanol–water partition coefficient (Wildman–Crippen LogP) is 2.09. The molecule has 2 N–H and O–H groups in total. The highest BCUT2D eigenvalue weighted by molar-refractivity contribution is 7.09. The number of aromatic nitrogens is 1. The number of hydrogen-bond acceptors (Lipinski definition) is 4. The first-order chi connectivity index (χ1) is 7.24. The zero-order chi connectivity index (χ0) is 11.1. The van der Waals surface area contributed by atoms with Crippen LogP contribution in [0.15, 0.2) is 5.51 Å². The van der Waals surface area contributed by atoms with E-state index >= 15 is 0 Å². The monoisotopic (exact) mass is 228 g/mol. The molecule has 3 nitrogen and oxygen atoms in total. The number of aliphatic hydroxyl groups is 1. The van der Waals surface area contributed by atoms with Gasteiger partial charge in [0, 0.05) is 11.4 Å². The summed E-state index contributed by atoms with van der Waals surface area (Å²) in [5.74, 6) is 0. The van der Waals surface area contributed by atoms with Crippen molar-refractivity contribution < 1.29 is 5.11 Å². The first kappa shape index (κ1) is 12.6. The van der Waals surface area contributed by atoms with Crippen LogP contribution >= 0.6 is 11.3 Å². The minimum Gasteiger partial charge on any atom is -0.393 e. The molecule has 1 aromatic heterocycles. The van der Waals surface area contributed by atoms with Crippen molar-refractivity contribution in [1.82, 2.24) is 10.3 Å². The molecule has 1 heterocycles. The Hall–Kier alpha value is -0.450. The Balaban J connectivity index is 2.05. The van der Waals surface area contributed by atoms with E-state index in [1.807, 2.05) is 19.4 Å². The van der Waals surface area contributed by atoms with E-state index in [0.717, 1.165) is 38.0 Å². The number of rotatable bonds is 7. The zero-order valence-electron chi connectivity index (χ0n) is 9.49. The van der Waals surface area contributed by atoms with E-state index in [0.29, 0.717) is 0 Å². The van der Waals surface area contributed by atoms with Crippen LogP contribution in [0.5, 0.6) is 0 Å². The highest BCUT2D eigenvalue weighted by atomic mass is 32.1. The summed E-state index contributed by atoms with van der Waals surface area (Å²) in [6, 6.07) is 0. The minimum atomic E-state index is -0.128. The molecule has 1 unspecified atom stereocenters. The first-order valence-electron chi connectivity index (χ1n) is 5.51. The molecule has 0 radical (unpaired) electrons. The lowest BCUT2D eigenvalue weighted by atomic mass is 10.1. The van der Waals surface area contributed by atoms with Gasteiger partial charge in [0.25, 0.3) is 0 Å². The largest absolute Gasteiger partial charge is 0.393 e. The van der Waals surface area contributed by atoms with Gasteiger partial charge in [-0.25, -0.2) is 4.98 Å². The Labute approximate surface area is 95.6 Å². The molecule has 0 aliphatic rings. The van der Waals surface area contributed by atoms with Gasteiger partial charge in [-0.15, -0.1) is 11.3 Å². The summed E-state index contributed by atoms with van der Waals surface area (Å²) in [6.07, 6.45) is 2.66. The van der Waals surface area contributed by atoms with Gasteiger partial charge in [0.2, 0.25) is 0 Å². The van der Waals surface area contributed by atoms with E-state index in [2.05, 4.69) is 10.3 Å². The average molecular weight is 228 g/mol. The third-order valence-electron chi connectivity index (χ3n) is 2.49. The fourth-order valence-electron chi connectivity index (χ4n) is 1.36. The molecular weight excluding hydrogens is 208 g/mol. The van der Waals surface area contributed by atoms with Gasteiger partial charge in [0.05, 0.1) is 17.3 Å². The number of aliphatic hydroxyl groups excluding tert-OH is 1. The number of nitrogens with zero attached hydrogens (tertiary/aromatic N) is 1. The highest BCUT2D eigenvalue weighted by Gasteiger charge is 2.01. The molecule has 1 rings (SSSR count). The lowest BCUT2D eigenvalue weighted by Gasteiger charge is -2.07. The van der Waals surface area contributed by atoms with Crippen LogP contribution in [0.1, 0.15) is 36.8 Å². The number of nitrogens with one attached hydrogen (secondary N) is 1. The molecule has 0 spiro atoms. The summed E-state index contributed by atoms with van der Waals surface area (Å²) in [5.41, 5.74) is 3.01. The molecule has 0 fully saturated rings. The third kappa shape index (κ3) is 4.73. The van der Waals surface area contributed by atoms with Crippen molar-refractivity contribution in [2.75, 3.05) is 6.54 Å². The van der Waals surface area contributed by atoms with E-state index < -0.39 is 0 Å². The SMILES string of the molecule is CCC(O)CCCNCc1scnc1C. The molecule has 15 heavy (non-hydrogen) atoms. The van der Waals surface area contributed by atoms with Gasteiger partial charge >= 0.3 is 0 Å². The Morgan fingerprint density at radius 1 is 1.60 bits per heavy atom. The molecule has 0 aliphatic heterocycles. The average Bonchev–Trinajstić information content (AvgIpc) is 2.63. The molecule has 0 aromatic carbocycles. The lowest BCUT2D eigenvalue weighted by Crippen LogP contribution is -2.16. The molecule has 0 saturated heterocycles. The fraction of sp³-hybridized carbons (Fsp3) is 0.727. The Morgan fingerprint density at radius 3 is 3.00 bits per heavy atom. The van der Waals surface area contributed by atoms with Crippen molar-refractivity contribution in [2.24, 2.45) is 0 Å². The summed E-state index contributed by atoms with van der Waals surface area (Å²) in [6.45, 7) is 5.92. The molecule has 0 bridgehead atoms. The fourth-order valence-corrected chi connectivity index (χ4v) is 2.11. The third-order valence-corrected chi connectivity index (χ3v) is 3.43. The predicted molar refractivity (Wildman–Crippen MR) is 64.1 cm³/mol. The van der Waals surface area contributed by atoms with Gasteiger partial charge < -0.3 is 10.4 Å². The van der Waals surface area contributed by atoms with Gasteiger partial charge in [-0.1, -0.05) is 6.92 Å². The summed E-state index contributed by atoms with van der Waals surface area (Å²) in [7, 11) is 0. The van der Waals surface area contributed by atoms with Gasteiger partial charge in [0.15, 0.2) is 0 Å². The summed E-state index contributed by atoms with van der Waals surface area (Å²) >= 11 is 1.70. The number of aryl methyl sites for hydroxylation is 1. The van der Waals surface area contributed by atoms with Crippen LogP contribution in [0, 0.1) is 6.92 Å². The number of hydrogen-bond donors (Lipinski definition) is 2. The second kappa shape index (κ2) is 6.93. The first-order valence-corrected chi connectivity index (χ1v) is 6.39. The second-order valence-electron chi connectivity index (χ2n) is 3.74. The van der Waals surface area contributed by atoms with Crippen molar-refractivity contribution in [3.8, 4) is 0 Å². The van der Waals surface area contributed by atoms with Crippen molar-refractivity contribution in [3.05, 3.63) is 16.1 Å². The summed E-state index contributed by atoms with van der Waals surface area (Å²) in [5, 5.41) is 12.7. The van der Waals surface area contributed by atoms with Gasteiger partial charge in [-0.3, -0.25) is 0 Å². The quantitative estimate of drug-likeness (QED) is 0.702. The molecule has 1 atom stereocenters. The van der Waals surface area contributed by atoms with E-state index in [9.17, 15) is 5.11 Å². The van der Waals surface area contributed by atoms with E-state index in [1.165, 1.54) is 4.88 Å². The van der Waals surface area contributed by atoms with Crippen molar-refractivity contribution >= 4 is 11.3 Å². The Kier molecular flexibility index (Phi) is 5.83. The molecule has 1 aromatic rings. The van der Waals surface area contributed by atoms with Crippen LogP contribution in [-0.4, -0.2) is 22.7 Å². The molecule has 86 valence electrons. The molecule has 0 aliphatic carbocycles. The maximum absolute atomic E-state index is 9.35. The van der Waals surface area contributed by atoms with Crippen molar-refractivity contribution in [1.29, 1.82) is 0 Å². The van der Waals surface area contributed by atoms with Gasteiger partial charge in [-0.2, -0.15) is 0 Å². The van der Waals surface area contributed by atoms with Crippen LogP contribution < -0.4 is 5.32 Å². The Bertz CT molecular complexity index is 275. The number of thiazole rings is 1. The summed E-state index contributed by atoms with van der Waals surface area (Å²) in [4.78, 5) is 5.51. The van der Waals surface area contributed by atoms with Crippen LogP contribution in [0.4, 0.5) is 0 Å². The molecule has 0 saturated carbocycles. The van der Waals surface area contributed by atoms with Crippen LogP contribution in [0.25, 0.3) is 0 Å². The lowest BCUT2D eigenvalue weighted by molar-refractivity contribution is 0.157. The van der Waals surface area contributed by atoms with E-state index in [4.69, 9.17) is 0 Å². The minimum absolute atomic E-state index is 0.128. The normalized spacial score (nSPS) is 13.0. The zero-order valence-corrected chi connectivity index (χ0v) is 10.3. The molecule has 0 amide bonds. The van der Waals surface area contributed by atoms with Crippen molar-refractivity contribution in [3.63, 3.8) is 0 Å². The smallest absolute Gasteiger partial charge is 0.0798 e. The standard InChI is InChI=1S/C11H20N2OS/c1-3-10(14)5-4-6-12-7-11-9(2)13-8-15-11/h8,10,12,14H,3-7H2,1-2H3. The topological polar surface area (TPSA) is 45.1 Å². The van der Waals surface area contributed by atoms with Gasteiger partial charge in [0.1, 0.15) is 0 Å². The maximum Gasteiger partial charge on any atom is 0.0798 e. The van der Waals surface area contributed by atoms with E-state index in [1.54, 1.807) is 11.3 Å². The second-order valence-corrected chi connectivity index (χ2v) is 4.68. The molecular formula is C11H20N2OS. The van der Waals surface area contributed by atoms with Crippen LogP contribution in [0.2, 0.25) is 0 Å². The summed E-state index contributed by atoms with van der Waals surface area (Å²) < 4.78 is 0. The van der Waals surface area contributed by atoms with Crippen molar-refractivity contribution in [2.45, 2.75) is 45.8 Å².